The normalized spacial score (nSPS) is 9.90. The lowest BCUT2D eigenvalue weighted by Gasteiger charge is -1.98. The van der Waals surface area contributed by atoms with Crippen LogP contribution in [0.4, 0.5) is 0 Å². The number of halogens is 2. The summed E-state index contributed by atoms with van der Waals surface area (Å²) < 4.78 is 0.900. The molecule has 0 saturated heterocycles. The molecule has 0 fully saturated rings. The third-order valence-corrected chi connectivity index (χ3v) is 1.87. The van der Waals surface area contributed by atoms with Gasteiger partial charge in [-0.05, 0) is 22.0 Å². The van der Waals surface area contributed by atoms with Crippen LogP contribution in [0.3, 0.4) is 0 Å². The van der Waals surface area contributed by atoms with Gasteiger partial charge < -0.3 is 5.73 Å². The van der Waals surface area contributed by atoms with Crippen molar-refractivity contribution in [2.24, 2.45) is 5.73 Å². The molecule has 0 radical (unpaired) electrons. The van der Waals surface area contributed by atoms with E-state index in [1.807, 2.05) is 6.07 Å². The molecule has 4 heteroatoms. The molecular formula is C6H6BrClN2. The first-order chi connectivity index (χ1) is 4.74. The lowest BCUT2D eigenvalue weighted by molar-refractivity contribution is 1.04. The first kappa shape index (κ1) is 7.98. The third-order valence-electron chi connectivity index (χ3n) is 1.10. The number of nitrogens with two attached hydrogens (primary N) is 1. The minimum absolute atomic E-state index is 0.422. The fraction of sp³-hybridized carbons (Fsp3) is 0.167. The van der Waals surface area contributed by atoms with Gasteiger partial charge in [0.05, 0.1) is 0 Å². The smallest absolute Gasteiger partial charge is 0.133 e. The van der Waals surface area contributed by atoms with Crippen molar-refractivity contribution in [2.75, 3.05) is 0 Å². The number of rotatable bonds is 1. The highest BCUT2D eigenvalue weighted by molar-refractivity contribution is 9.10. The quantitative estimate of drug-likeness (QED) is 0.736. The summed E-state index contributed by atoms with van der Waals surface area (Å²) in [5, 5.41) is 0.478. The molecule has 0 atom stereocenters. The minimum Gasteiger partial charge on any atom is -0.326 e. The van der Waals surface area contributed by atoms with Gasteiger partial charge in [-0.2, -0.15) is 0 Å². The van der Waals surface area contributed by atoms with Crippen LogP contribution < -0.4 is 5.73 Å². The summed E-state index contributed by atoms with van der Waals surface area (Å²) in [5.74, 6) is 0. The molecule has 1 heterocycles. The summed E-state index contributed by atoms with van der Waals surface area (Å²) in [4.78, 5) is 3.89. The number of aromatic nitrogens is 1. The molecule has 0 amide bonds. The number of hydrogen-bond donors (Lipinski definition) is 1. The predicted molar refractivity (Wildman–Crippen MR) is 44.8 cm³/mol. The Morgan fingerprint density at radius 3 is 2.90 bits per heavy atom. The second-order valence-corrected chi connectivity index (χ2v) is 3.08. The fourth-order valence-electron chi connectivity index (χ4n) is 0.608. The van der Waals surface area contributed by atoms with Crippen molar-refractivity contribution in [1.82, 2.24) is 4.98 Å². The van der Waals surface area contributed by atoms with Crippen molar-refractivity contribution in [3.05, 3.63) is 27.5 Å². The van der Waals surface area contributed by atoms with Gasteiger partial charge in [-0.3, -0.25) is 0 Å². The van der Waals surface area contributed by atoms with Gasteiger partial charge in [-0.25, -0.2) is 4.98 Å². The van der Waals surface area contributed by atoms with Gasteiger partial charge >= 0.3 is 0 Å². The average molecular weight is 221 g/mol. The molecule has 2 N–H and O–H groups in total. The highest BCUT2D eigenvalue weighted by atomic mass is 79.9. The molecule has 2 nitrogen and oxygen atoms in total. The van der Waals surface area contributed by atoms with E-state index in [-0.39, 0.29) is 0 Å². The van der Waals surface area contributed by atoms with Crippen molar-refractivity contribution in [1.29, 1.82) is 0 Å². The van der Waals surface area contributed by atoms with Crippen molar-refractivity contribution < 1.29 is 0 Å². The number of pyridine rings is 1. The van der Waals surface area contributed by atoms with Crippen molar-refractivity contribution in [3.63, 3.8) is 0 Å². The monoisotopic (exact) mass is 220 g/mol. The van der Waals surface area contributed by atoms with Gasteiger partial charge in [0.1, 0.15) is 5.15 Å². The van der Waals surface area contributed by atoms with E-state index in [9.17, 15) is 0 Å². The summed E-state index contributed by atoms with van der Waals surface area (Å²) in [6, 6.07) is 1.86. The highest BCUT2D eigenvalue weighted by Gasteiger charge is 1.98. The molecule has 0 aliphatic heterocycles. The maximum absolute atomic E-state index is 5.68. The highest BCUT2D eigenvalue weighted by Crippen LogP contribution is 2.16. The van der Waals surface area contributed by atoms with Gasteiger partial charge in [-0.15, -0.1) is 0 Å². The summed E-state index contributed by atoms with van der Waals surface area (Å²) in [6.45, 7) is 0.422. The Morgan fingerprint density at radius 1 is 1.70 bits per heavy atom. The Morgan fingerprint density at radius 2 is 2.40 bits per heavy atom. The molecule has 1 aromatic rings. The third kappa shape index (κ3) is 1.68. The lowest BCUT2D eigenvalue weighted by Crippen LogP contribution is -1.97. The first-order valence-electron chi connectivity index (χ1n) is 2.74. The molecule has 0 unspecified atom stereocenters. The lowest BCUT2D eigenvalue weighted by atomic mass is 10.3. The maximum Gasteiger partial charge on any atom is 0.133 e. The van der Waals surface area contributed by atoms with Gasteiger partial charge in [0, 0.05) is 22.8 Å². The van der Waals surface area contributed by atoms with Crippen LogP contribution in [0.2, 0.25) is 5.15 Å². The largest absolute Gasteiger partial charge is 0.326 e. The zero-order valence-electron chi connectivity index (χ0n) is 5.14. The van der Waals surface area contributed by atoms with Gasteiger partial charge in [0.2, 0.25) is 0 Å². The molecule has 0 bridgehead atoms. The summed E-state index contributed by atoms with van der Waals surface area (Å²) in [6.07, 6.45) is 1.64. The van der Waals surface area contributed by atoms with Crippen LogP contribution in [0.25, 0.3) is 0 Å². The van der Waals surface area contributed by atoms with Crippen molar-refractivity contribution in [3.8, 4) is 0 Å². The van der Waals surface area contributed by atoms with E-state index in [0.29, 0.717) is 11.7 Å². The zero-order valence-corrected chi connectivity index (χ0v) is 7.48. The Labute approximate surface area is 72.5 Å². The molecule has 0 spiro atoms. The van der Waals surface area contributed by atoms with Crippen LogP contribution in [0.15, 0.2) is 16.7 Å². The zero-order chi connectivity index (χ0) is 7.56. The van der Waals surface area contributed by atoms with Crippen LogP contribution in [0.1, 0.15) is 5.56 Å². The Hall–Kier alpha value is -0.120. The van der Waals surface area contributed by atoms with Crippen LogP contribution in [0.5, 0.6) is 0 Å². The summed E-state index contributed by atoms with van der Waals surface area (Å²) in [7, 11) is 0. The SMILES string of the molecule is NCc1cc(Br)cnc1Cl. The minimum atomic E-state index is 0.422. The predicted octanol–water partition coefficient (Wildman–Crippen LogP) is 1.96. The number of nitrogens with zero attached hydrogens (tertiary/aromatic N) is 1. The Kier molecular flexibility index (Phi) is 2.65. The summed E-state index contributed by atoms with van der Waals surface area (Å²) >= 11 is 8.94. The van der Waals surface area contributed by atoms with E-state index in [2.05, 4.69) is 20.9 Å². The van der Waals surface area contributed by atoms with Crippen LogP contribution >= 0.6 is 27.5 Å². The summed E-state index contributed by atoms with van der Waals surface area (Å²) in [5.41, 5.74) is 6.23. The second kappa shape index (κ2) is 3.32. The fourth-order valence-corrected chi connectivity index (χ4v) is 1.17. The molecule has 0 saturated carbocycles. The van der Waals surface area contributed by atoms with Gasteiger partial charge in [0.15, 0.2) is 0 Å². The van der Waals surface area contributed by atoms with E-state index in [4.69, 9.17) is 17.3 Å². The van der Waals surface area contributed by atoms with Crippen molar-refractivity contribution in [2.45, 2.75) is 6.54 Å². The standard InChI is InChI=1S/C6H6BrClN2/c7-5-1-4(2-9)6(8)10-3-5/h1,3H,2,9H2. The van der Waals surface area contributed by atoms with E-state index in [0.717, 1.165) is 10.0 Å². The van der Waals surface area contributed by atoms with E-state index >= 15 is 0 Å². The molecule has 1 aromatic heterocycles. The number of hydrogen-bond acceptors (Lipinski definition) is 2. The van der Waals surface area contributed by atoms with E-state index < -0.39 is 0 Å². The maximum atomic E-state index is 5.68. The second-order valence-electron chi connectivity index (χ2n) is 1.81. The first-order valence-corrected chi connectivity index (χ1v) is 3.91. The molecular weight excluding hydrogens is 215 g/mol. The average Bonchev–Trinajstić information content (AvgIpc) is 1.94. The van der Waals surface area contributed by atoms with Crippen molar-refractivity contribution >= 4 is 27.5 Å². The van der Waals surface area contributed by atoms with Crippen LogP contribution in [-0.4, -0.2) is 4.98 Å². The molecule has 0 aliphatic carbocycles. The molecule has 0 aliphatic rings. The Balaban J connectivity index is 3.09. The molecule has 10 heavy (non-hydrogen) atoms. The van der Waals surface area contributed by atoms with Gasteiger partial charge in [-0.1, -0.05) is 11.6 Å². The Bertz CT molecular complexity index is 239. The molecule has 0 aromatic carbocycles. The van der Waals surface area contributed by atoms with Gasteiger partial charge in [0.25, 0.3) is 0 Å². The molecule has 1 rings (SSSR count). The van der Waals surface area contributed by atoms with Crippen LogP contribution in [-0.2, 0) is 6.54 Å². The van der Waals surface area contributed by atoms with E-state index in [1.165, 1.54) is 0 Å². The van der Waals surface area contributed by atoms with Crippen LogP contribution in [0, 0.1) is 0 Å². The molecule has 54 valence electrons. The topological polar surface area (TPSA) is 38.9 Å². The van der Waals surface area contributed by atoms with E-state index in [1.54, 1.807) is 6.20 Å².